The predicted octanol–water partition coefficient (Wildman–Crippen LogP) is 3.51. The van der Waals surface area contributed by atoms with Crippen LogP contribution in [0.15, 0.2) is 24.3 Å². The lowest BCUT2D eigenvalue weighted by Gasteiger charge is -2.38. The van der Waals surface area contributed by atoms with Crippen molar-refractivity contribution in [1.82, 2.24) is 15.1 Å². The third-order valence-corrected chi connectivity index (χ3v) is 6.06. The summed E-state index contributed by atoms with van der Waals surface area (Å²) in [4.78, 5) is 29.5. The van der Waals surface area contributed by atoms with Gasteiger partial charge in [0.2, 0.25) is 5.91 Å². The Kier molecular flexibility index (Phi) is 9.24. The molecule has 0 radical (unpaired) electrons. The van der Waals surface area contributed by atoms with Crippen LogP contribution >= 0.6 is 12.4 Å². The maximum atomic E-state index is 13.0. The molecular formula is C22H35ClN4O2. The molecule has 2 aliphatic rings. The van der Waals surface area contributed by atoms with E-state index in [1.165, 1.54) is 6.42 Å². The summed E-state index contributed by atoms with van der Waals surface area (Å²) in [5.74, 6) is 0.894. The normalized spacial score (nSPS) is 20.1. The molecule has 0 bridgehead atoms. The van der Waals surface area contributed by atoms with Crippen molar-refractivity contribution in [2.24, 2.45) is 11.8 Å². The van der Waals surface area contributed by atoms with Crippen molar-refractivity contribution in [1.29, 1.82) is 0 Å². The number of piperidine rings is 2. The SMILES string of the molecule is CNCCC1CCN(C(=O)C2CCCN(C(=O)Nc3cccc(C)c3)C2)CC1.Cl. The number of halogens is 1. The average molecular weight is 423 g/mol. The second-order valence-electron chi connectivity index (χ2n) is 8.25. The van der Waals surface area contributed by atoms with Crippen molar-refractivity contribution >= 4 is 30.0 Å². The van der Waals surface area contributed by atoms with E-state index in [9.17, 15) is 9.59 Å². The van der Waals surface area contributed by atoms with E-state index in [4.69, 9.17) is 0 Å². The number of nitrogens with zero attached hydrogens (tertiary/aromatic N) is 2. The highest BCUT2D eigenvalue weighted by atomic mass is 35.5. The quantitative estimate of drug-likeness (QED) is 0.763. The summed E-state index contributed by atoms with van der Waals surface area (Å²) in [7, 11) is 1.99. The van der Waals surface area contributed by atoms with Crippen LogP contribution in [-0.2, 0) is 4.79 Å². The first-order valence-electron chi connectivity index (χ1n) is 10.6. The van der Waals surface area contributed by atoms with Gasteiger partial charge < -0.3 is 20.4 Å². The van der Waals surface area contributed by atoms with Gasteiger partial charge >= 0.3 is 6.03 Å². The summed E-state index contributed by atoms with van der Waals surface area (Å²) < 4.78 is 0. The Bertz CT molecular complexity index is 677. The Morgan fingerprint density at radius 1 is 1.10 bits per heavy atom. The molecule has 1 aromatic carbocycles. The zero-order chi connectivity index (χ0) is 19.9. The highest BCUT2D eigenvalue weighted by Crippen LogP contribution is 2.25. The lowest BCUT2D eigenvalue weighted by molar-refractivity contribution is -0.138. The number of carbonyl (C=O) groups excluding carboxylic acids is 2. The fourth-order valence-electron chi connectivity index (χ4n) is 4.34. The number of hydrogen-bond donors (Lipinski definition) is 2. The van der Waals surface area contributed by atoms with Crippen LogP contribution in [0.5, 0.6) is 0 Å². The molecule has 0 aliphatic carbocycles. The maximum Gasteiger partial charge on any atom is 0.321 e. The van der Waals surface area contributed by atoms with Crippen LogP contribution in [0.2, 0.25) is 0 Å². The minimum Gasteiger partial charge on any atom is -0.342 e. The number of urea groups is 1. The van der Waals surface area contributed by atoms with E-state index in [0.29, 0.717) is 13.1 Å². The van der Waals surface area contributed by atoms with Crippen molar-refractivity contribution in [2.75, 3.05) is 45.1 Å². The molecule has 0 aromatic heterocycles. The van der Waals surface area contributed by atoms with Gasteiger partial charge in [0.05, 0.1) is 5.92 Å². The molecule has 6 nitrogen and oxygen atoms in total. The summed E-state index contributed by atoms with van der Waals surface area (Å²) in [6.45, 7) is 6.02. The third-order valence-electron chi connectivity index (χ3n) is 6.06. The number of aryl methyl sites for hydroxylation is 1. The van der Waals surface area contributed by atoms with Gasteiger partial charge in [-0.1, -0.05) is 12.1 Å². The molecule has 2 saturated heterocycles. The van der Waals surface area contributed by atoms with Crippen LogP contribution in [0.4, 0.5) is 10.5 Å². The Morgan fingerprint density at radius 2 is 1.86 bits per heavy atom. The third kappa shape index (κ3) is 6.61. The molecule has 29 heavy (non-hydrogen) atoms. The number of likely N-dealkylation sites (tertiary alicyclic amines) is 2. The molecule has 1 atom stereocenters. The molecule has 0 spiro atoms. The van der Waals surface area contributed by atoms with Crippen LogP contribution in [0, 0.1) is 18.8 Å². The second-order valence-corrected chi connectivity index (χ2v) is 8.25. The van der Waals surface area contributed by atoms with Gasteiger partial charge in [0.1, 0.15) is 0 Å². The zero-order valence-corrected chi connectivity index (χ0v) is 18.5. The molecule has 2 N–H and O–H groups in total. The first kappa shape index (κ1) is 23.5. The van der Waals surface area contributed by atoms with Crippen LogP contribution < -0.4 is 10.6 Å². The lowest BCUT2D eigenvalue weighted by atomic mass is 9.91. The van der Waals surface area contributed by atoms with Crippen molar-refractivity contribution in [3.8, 4) is 0 Å². The minimum absolute atomic E-state index is 0. The number of rotatable bonds is 5. The monoisotopic (exact) mass is 422 g/mol. The molecule has 1 unspecified atom stereocenters. The first-order chi connectivity index (χ1) is 13.6. The van der Waals surface area contributed by atoms with Crippen molar-refractivity contribution in [3.63, 3.8) is 0 Å². The van der Waals surface area contributed by atoms with Crippen molar-refractivity contribution < 1.29 is 9.59 Å². The average Bonchev–Trinajstić information content (AvgIpc) is 2.72. The van der Waals surface area contributed by atoms with E-state index >= 15 is 0 Å². The summed E-state index contributed by atoms with van der Waals surface area (Å²) >= 11 is 0. The van der Waals surface area contributed by atoms with E-state index in [0.717, 1.165) is 62.5 Å². The summed E-state index contributed by atoms with van der Waals surface area (Å²) in [6, 6.07) is 7.70. The molecule has 3 rings (SSSR count). The van der Waals surface area contributed by atoms with Crippen LogP contribution in [-0.4, -0.2) is 61.5 Å². The number of hydrogen-bond acceptors (Lipinski definition) is 3. The lowest BCUT2D eigenvalue weighted by Crippen LogP contribution is -2.49. The van der Waals surface area contributed by atoms with E-state index in [1.54, 1.807) is 4.90 Å². The van der Waals surface area contributed by atoms with E-state index in [1.807, 2.05) is 43.1 Å². The standard InChI is InChI=1S/C22H34N4O2.ClH/c1-17-5-3-7-20(15-17)24-22(28)26-12-4-6-19(16-26)21(27)25-13-9-18(10-14-25)8-11-23-2;/h3,5,7,15,18-19,23H,4,6,8-14,16H2,1-2H3,(H,24,28);1H. The Morgan fingerprint density at radius 3 is 2.55 bits per heavy atom. The first-order valence-corrected chi connectivity index (χ1v) is 10.6. The van der Waals surface area contributed by atoms with Gasteiger partial charge in [-0.05, 0) is 76.2 Å². The smallest absolute Gasteiger partial charge is 0.321 e. The highest BCUT2D eigenvalue weighted by molar-refractivity contribution is 5.90. The number of carbonyl (C=O) groups is 2. The van der Waals surface area contributed by atoms with Gasteiger partial charge in [0.15, 0.2) is 0 Å². The van der Waals surface area contributed by atoms with E-state index < -0.39 is 0 Å². The van der Waals surface area contributed by atoms with Gasteiger partial charge in [0.25, 0.3) is 0 Å². The predicted molar refractivity (Wildman–Crippen MR) is 120 cm³/mol. The van der Waals surface area contributed by atoms with Crippen molar-refractivity contribution in [3.05, 3.63) is 29.8 Å². The van der Waals surface area contributed by atoms with Crippen LogP contribution in [0.1, 0.15) is 37.7 Å². The van der Waals surface area contributed by atoms with E-state index in [-0.39, 0.29) is 30.3 Å². The number of nitrogens with one attached hydrogen (secondary N) is 2. The van der Waals surface area contributed by atoms with Gasteiger partial charge in [-0.15, -0.1) is 12.4 Å². The fourth-order valence-corrected chi connectivity index (χ4v) is 4.34. The molecule has 2 heterocycles. The largest absolute Gasteiger partial charge is 0.342 e. The summed E-state index contributed by atoms with van der Waals surface area (Å²) in [5.41, 5.74) is 1.92. The number of anilines is 1. The highest BCUT2D eigenvalue weighted by Gasteiger charge is 2.32. The van der Waals surface area contributed by atoms with E-state index in [2.05, 4.69) is 10.6 Å². The number of amides is 3. The summed E-state index contributed by atoms with van der Waals surface area (Å²) in [6.07, 6.45) is 5.15. The van der Waals surface area contributed by atoms with Crippen LogP contribution in [0.3, 0.4) is 0 Å². The van der Waals surface area contributed by atoms with Gasteiger partial charge in [-0.25, -0.2) is 4.79 Å². The molecule has 162 valence electrons. The minimum atomic E-state index is -0.103. The number of benzene rings is 1. The van der Waals surface area contributed by atoms with Gasteiger partial charge in [-0.2, -0.15) is 0 Å². The van der Waals surface area contributed by atoms with Crippen LogP contribution in [0.25, 0.3) is 0 Å². The second kappa shape index (κ2) is 11.4. The molecule has 7 heteroatoms. The zero-order valence-electron chi connectivity index (χ0n) is 17.7. The Labute approximate surface area is 180 Å². The molecule has 1 aromatic rings. The van der Waals surface area contributed by atoms with Crippen molar-refractivity contribution in [2.45, 2.75) is 39.0 Å². The Balaban J connectivity index is 0.00000300. The molecule has 2 aliphatic heterocycles. The van der Waals surface area contributed by atoms with Gasteiger partial charge in [0, 0.05) is 31.9 Å². The molecular weight excluding hydrogens is 388 g/mol. The summed E-state index contributed by atoms with van der Waals surface area (Å²) in [5, 5.41) is 6.19. The molecule has 3 amide bonds. The Hall–Kier alpha value is -1.79. The fraction of sp³-hybridized carbons (Fsp3) is 0.636. The topological polar surface area (TPSA) is 64.7 Å². The van der Waals surface area contributed by atoms with Gasteiger partial charge in [-0.3, -0.25) is 4.79 Å². The molecule has 0 saturated carbocycles. The molecule has 2 fully saturated rings. The maximum absolute atomic E-state index is 13.0.